The second kappa shape index (κ2) is 13.1. The molecular formula is C33H41N3O2. The summed E-state index contributed by atoms with van der Waals surface area (Å²) in [5.41, 5.74) is 3.43. The summed E-state index contributed by atoms with van der Waals surface area (Å²) >= 11 is 0. The summed E-state index contributed by atoms with van der Waals surface area (Å²) in [6.07, 6.45) is 5.73. The van der Waals surface area contributed by atoms with Gasteiger partial charge in [0.2, 0.25) is 0 Å². The quantitative estimate of drug-likeness (QED) is 0.386. The molecule has 1 atom stereocenters. The van der Waals surface area contributed by atoms with E-state index >= 15 is 0 Å². The van der Waals surface area contributed by atoms with E-state index in [0.29, 0.717) is 17.5 Å². The average molecular weight is 512 g/mol. The van der Waals surface area contributed by atoms with Crippen molar-refractivity contribution in [2.75, 3.05) is 39.8 Å². The molecule has 0 aromatic heterocycles. The van der Waals surface area contributed by atoms with Crippen LogP contribution in [-0.2, 0) is 0 Å². The van der Waals surface area contributed by atoms with Crippen molar-refractivity contribution in [3.63, 3.8) is 0 Å². The monoisotopic (exact) mass is 511 g/mol. The predicted octanol–water partition coefficient (Wildman–Crippen LogP) is 5.58. The fraction of sp³-hybridized carbons (Fsp3) is 0.424. The van der Waals surface area contributed by atoms with E-state index in [2.05, 4.69) is 82.8 Å². The van der Waals surface area contributed by atoms with E-state index in [9.17, 15) is 4.79 Å². The zero-order valence-corrected chi connectivity index (χ0v) is 22.6. The van der Waals surface area contributed by atoms with E-state index in [0.717, 1.165) is 51.2 Å². The molecule has 2 saturated heterocycles. The first-order valence-electron chi connectivity index (χ1n) is 14.2. The highest BCUT2D eigenvalue weighted by atomic mass is 16.5. The smallest absolute Gasteiger partial charge is 0.251 e. The van der Waals surface area contributed by atoms with E-state index in [1.54, 1.807) is 0 Å². The van der Waals surface area contributed by atoms with Crippen molar-refractivity contribution in [2.24, 2.45) is 0 Å². The van der Waals surface area contributed by atoms with Crippen LogP contribution in [0.5, 0.6) is 5.75 Å². The third-order valence-corrected chi connectivity index (χ3v) is 8.23. The molecule has 0 radical (unpaired) electrons. The normalized spacial score (nSPS) is 19.1. The molecule has 3 aromatic rings. The lowest BCUT2D eigenvalue weighted by atomic mass is 9.90. The summed E-state index contributed by atoms with van der Waals surface area (Å²) in [6, 6.07) is 29.9. The number of hydrogen-bond donors (Lipinski definition) is 1. The third-order valence-electron chi connectivity index (χ3n) is 8.23. The maximum Gasteiger partial charge on any atom is 0.251 e. The molecule has 1 unspecified atom stereocenters. The zero-order chi connectivity index (χ0) is 26.2. The lowest BCUT2D eigenvalue weighted by molar-refractivity contribution is 0.0949. The van der Waals surface area contributed by atoms with Crippen molar-refractivity contribution in [1.29, 1.82) is 0 Å². The molecule has 2 aliphatic rings. The molecule has 5 rings (SSSR count). The number of hydrogen-bond acceptors (Lipinski definition) is 4. The molecule has 2 fully saturated rings. The SMILES string of the molecule is CN1CCCC1CCNC(=O)c1ccc(OC2CCN(CC(c3ccccc3)c3ccccc3)CC2)cc1. The second-order valence-electron chi connectivity index (χ2n) is 10.8. The molecule has 0 spiro atoms. The highest BCUT2D eigenvalue weighted by Gasteiger charge is 2.25. The van der Waals surface area contributed by atoms with Crippen molar-refractivity contribution in [3.8, 4) is 5.75 Å². The van der Waals surface area contributed by atoms with Crippen LogP contribution in [0, 0.1) is 0 Å². The first-order valence-corrected chi connectivity index (χ1v) is 14.2. The molecule has 200 valence electrons. The Kier molecular flexibility index (Phi) is 9.11. The minimum atomic E-state index is -0.00288. The van der Waals surface area contributed by atoms with Crippen LogP contribution in [0.2, 0.25) is 0 Å². The fourth-order valence-electron chi connectivity index (χ4n) is 5.92. The molecule has 2 heterocycles. The number of carbonyl (C=O) groups is 1. The number of ether oxygens (including phenoxy) is 1. The summed E-state index contributed by atoms with van der Waals surface area (Å²) in [7, 11) is 2.17. The molecule has 38 heavy (non-hydrogen) atoms. The average Bonchev–Trinajstić information content (AvgIpc) is 3.38. The van der Waals surface area contributed by atoms with Crippen molar-refractivity contribution in [3.05, 3.63) is 102 Å². The Hall–Kier alpha value is -3.15. The number of amides is 1. The van der Waals surface area contributed by atoms with E-state index < -0.39 is 0 Å². The number of nitrogens with zero attached hydrogens (tertiary/aromatic N) is 2. The number of benzene rings is 3. The molecule has 0 saturated carbocycles. The number of rotatable bonds is 10. The van der Waals surface area contributed by atoms with Crippen molar-refractivity contribution in [1.82, 2.24) is 15.1 Å². The Morgan fingerprint density at radius 3 is 2.08 bits per heavy atom. The van der Waals surface area contributed by atoms with E-state index in [1.165, 1.54) is 30.5 Å². The van der Waals surface area contributed by atoms with Crippen molar-refractivity contribution in [2.45, 2.75) is 50.2 Å². The van der Waals surface area contributed by atoms with Gasteiger partial charge in [0, 0.05) is 43.7 Å². The van der Waals surface area contributed by atoms with Gasteiger partial charge in [-0.15, -0.1) is 0 Å². The highest BCUT2D eigenvalue weighted by molar-refractivity contribution is 5.94. The van der Waals surface area contributed by atoms with Gasteiger partial charge in [-0.3, -0.25) is 4.79 Å². The van der Waals surface area contributed by atoms with Crippen LogP contribution < -0.4 is 10.1 Å². The number of nitrogens with one attached hydrogen (secondary N) is 1. The van der Waals surface area contributed by atoms with Crippen molar-refractivity contribution >= 4 is 5.91 Å². The highest BCUT2D eigenvalue weighted by Crippen LogP contribution is 2.28. The lowest BCUT2D eigenvalue weighted by Gasteiger charge is -2.34. The van der Waals surface area contributed by atoms with Crippen LogP contribution in [0.1, 0.15) is 59.5 Å². The van der Waals surface area contributed by atoms with E-state index in [4.69, 9.17) is 4.74 Å². The maximum atomic E-state index is 12.6. The molecule has 5 heteroatoms. The van der Waals surface area contributed by atoms with Crippen LogP contribution in [0.15, 0.2) is 84.9 Å². The first kappa shape index (κ1) is 26.5. The minimum Gasteiger partial charge on any atom is -0.490 e. The van der Waals surface area contributed by atoms with Gasteiger partial charge in [-0.2, -0.15) is 0 Å². The molecule has 5 nitrogen and oxygen atoms in total. The Labute approximate surface area is 227 Å². The standard InChI is InChI=1S/C33H41N3O2/c1-35-22-8-13-29(35)18-21-34-33(37)28-14-16-30(17-15-28)38-31-19-23-36(24-20-31)25-32(26-9-4-2-5-10-26)27-11-6-3-7-12-27/h2-7,9-12,14-17,29,31-32H,8,13,18-25H2,1H3,(H,34,37). The van der Waals surface area contributed by atoms with E-state index in [1.807, 2.05) is 24.3 Å². The van der Waals surface area contributed by atoms with Crippen LogP contribution in [0.4, 0.5) is 0 Å². The summed E-state index contributed by atoms with van der Waals surface area (Å²) < 4.78 is 6.31. The van der Waals surface area contributed by atoms with Gasteiger partial charge < -0.3 is 19.9 Å². The molecule has 3 aromatic carbocycles. The molecular weight excluding hydrogens is 470 g/mol. The molecule has 0 bridgehead atoms. The summed E-state index contributed by atoms with van der Waals surface area (Å²) in [5, 5.41) is 3.08. The maximum absolute atomic E-state index is 12.6. The summed E-state index contributed by atoms with van der Waals surface area (Å²) in [5.74, 6) is 1.21. The molecule has 0 aliphatic carbocycles. The molecule has 1 N–H and O–H groups in total. The Balaban J connectivity index is 1.08. The third kappa shape index (κ3) is 7.03. The van der Waals surface area contributed by atoms with Crippen LogP contribution in [0.25, 0.3) is 0 Å². The van der Waals surface area contributed by atoms with Gasteiger partial charge in [0.15, 0.2) is 0 Å². The number of piperidine rings is 1. The Morgan fingerprint density at radius 2 is 1.50 bits per heavy atom. The first-order chi connectivity index (χ1) is 18.7. The summed E-state index contributed by atoms with van der Waals surface area (Å²) in [6.45, 7) is 4.96. The van der Waals surface area contributed by atoms with Crippen molar-refractivity contribution < 1.29 is 9.53 Å². The second-order valence-corrected chi connectivity index (χ2v) is 10.8. The van der Waals surface area contributed by atoms with Gasteiger partial charge in [0.1, 0.15) is 11.9 Å². The lowest BCUT2D eigenvalue weighted by Crippen LogP contribution is -2.40. The predicted molar refractivity (Wildman–Crippen MR) is 154 cm³/mol. The van der Waals surface area contributed by atoms with Crippen LogP contribution in [0.3, 0.4) is 0 Å². The van der Waals surface area contributed by atoms with Gasteiger partial charge in [0.25, 0.3) is 5.91 Å². The zero-order valence-electron chi connectivity index (χ0n) is 22.6. The number of likely N-dealkylation sites (tertiary alicyclic amines) is 2. The van der Waals surface area contributed by atoms with Gasteiger partial charge in [0.05, 0.1) is 0 Å². The molecule has 1 amide bonds. The Morgan fingerprint density at radius 1 is 0.868 bits per heavy atom. The van der Waals surface area contributed by atoms with Crippen LogP contribution in [-0.4, -0.2) is 67.6 Å². The number of carbonyl (C=O) groups excluding carboxylic acids is 1. The molecule has 2 aliphatic heterocycles. The fourth-order valence-corrected chi connectivity index (χ4v) is 5.92. The van der Waals surface area contributed by atoms with Gasteiger partial charge >= 0.3 is 0 Å². The van der Waals surface area contributed by atoms with Gasteiger partial charge in [-0.1, -0.05) is 60.7 Å². The largest absolute Gasteiger partial charge is 0.490 e. The van der Waals surface area contributed by atoms with Gasteiger partial charge in [-0.25, -0.2) is 0 Å². The van der Waals surface area contributed by atoms with E-state index in [-0.39, 0.29) is 12.0 Å². The van der Waals surface area contributed by atoms with Gasteiger partial charge in [-0.05, 0) is 81.1 Å². The van der Waals surface area contributed by atoms with Crippen LogP contribution >= 0.6 is 0 Å². The topological polar surface area (TPSA) is 44.8 Å². The minimum absolute atomic E-state index is 0.00288. The summed E-state index contributed by atoms with van der Waals surface area (Å²) in [4.78, 5) is 17.5. The Bertz CT molecular complexity index is 1090.